The largest absolute Gasteiger partial charge is 0.385 e. The Labute approximate surface area is 109 Å². The van der Waals surface area contributed by atoms with E-state index in [1.54, 1.807) is 0 Å². The van der Waals surface area contributed by atoms with Gasteiger partial charge in [-0.05, 0) is 54.5 Å². The van der Waals surface area contributed by atoms with Gasteiger partial charge in [0.2, 0.25) is 0 Å². The number of aryl methyl sites for hydroxylation is 2. The van der Waals surface area contributed by atoms with E-state index >= 15 is 0 Å². The lowest BCUT2D eigenvalue weighted by atomic mass is 9.96. The molecule has 2 aromatic rings. The van der Waals surface area contributed by atoms with Crippen molar-refractivity contribution in [1.29, 1.82) is 0 Å². The Morgan fingerprint density at radius 1 is 1.11 bits per heavy atom. The van der Waals surface area contributed by atoms with Gasteiger partial charge in [0.25, 0.3) is 0 Å². The number of hydrogen-bond acceptors (Lipinski definition) is 1. The molecule has 0 amide bonds. The summed E-state index contributed by atoms with van der Waals surface area (Å²) in [6.07, 6.45) is 3.50. The van der Waals surface area contributed by atoms with E-state index in [1.165, 1.54) is 40.8 Å². The third-order valence-electron chi connectivity index (χ3n) is 3.76. The SMILES string of the molecule is Cc1ccccc1Cc1ccc2c(c1)CCCN2. The molecule has 1 aliphatic rings. The third kappa shape index (κ3) is 2.26. The lowest BCUT2D eigenvalue weighted by Crippen LogP contribution is -2.11. The van der Waals surface area contributed by atoms with Gasteiger partial charge in [-0.1, -0.05) is 36.4 Å². The molecule has 2 aromatic carbocycles. The fourth-order valence-electron chi connectivity index (χ4n) is 2.67. The second-order valence-electron chi connectivity index (χ2n) is 5.13. The summed E-state index contributed by atoms with van der Waals surface area (Å²) < 4.78 is 0. The molecular weight excluding hydrogens is 218 g/mol. The molecule has 1 nitrogen and oxygen atoms in total. The molecule has 0 unspecified atom stereocenters. The van der Waals surface area contributed by atoms with Crippen molar-refractivity contribution in [2.24, 2.45) is 0 Å². The summed E-state index contributed by atoms with van der Waals surface area (Å²) in [7, 11) is 0. The Hall–Kier alpha value is -1.76. The van der Waals surface area contributed by atoms with Crippen LogP contribution in [0.4, 0.5) is 5.69 Å². The minimum atomic E-state index is 1.04. The molecule has 1 N–H and O–H groups in total. The summed E-state index contributed by atoms with van der Waals surface area (Å²) >= 11 is 0. The van der Waals surface area contributed by atoms with Gasteiger partial charge in [-0.3, -0.25) is 0 Å². The van der Waals surface area contributed by atoms with Crippen molar-refractivity contribution < 1.29 is 0 Å². The van der Waals surface area contributed by atoms with Crippen molar-refractivity contribution in [1.82, 2.24) is 0 Å². The van der Waals surface area contributed by atoms with Crippen LogP contribution in [0.3, 0.4) is 0 Å². The summed E-state index contributed by atoms with van der Waals surface area (Å²) in [5.74, 6) is 0. The number of benzene rings is 2. The van der Waals surface area contributed by atoms with Gasteiger partial charge < -0.3 is 5.32 Å². The van der Waals surface area contributed by atoms with Crippen molar-refractivity contribution in [3.8, 4) is 0 Å². The van der Waals surface area contributed by atoms with Crippen molar-refractivity contribution in [3.05, 3.63) is 64.7 Å². The molecule has 0 spiro atoms. The van der Waals surface area contributed by atoms with E-state index in [0.29, 0.717) is 0 Å². The monoisotopic (exact) mass is 237 g/mol. The van der Waals surface area contributed by atoms with E-state index < -0.39 is 0 Å². The van der Waals surface area contributed by atoms with Crippen molar-refractivity contribution in [2.75, 3.05) is 11.9 Å². The normalized spacial score (nSPS) is 13.8. The Bertz CT molecular complexity index is 557. The van der Waals surface area contributed by atoms with E-state index in [2.05, 4.69) is 54.7 Å². The fraction of sp³-hybridized carbons (Fsp3) is 0.294. The topological polar surface area (TPSA) is 12.0 Å². The average molecular weight is 237 g/mol. The first-order chi connectivity index (χ1) is 8.83. The van der Waals surface area contributed by atoms with Crippen LogP contribution in [0.25, 0.3) is 0 Å². The van der Waals surface area contributed by atoms with Crippen LogP contribution in [0.2, 0.25) is 0 Å². The molecule has 1 heterocycles. The maximum absolute atomic E-state index is 3.47. The molecule has 0 aromatic heterocycles. The van der Waals surface area contributed by atoms with Crippen molar-refractivity contribution in [2.45, 2.75) is 26.2 Å². The van der Waals surface area contributed by atoms with E-state index in [-0.39, 0.29) is 0 Å². The highest BCUT2D eigenvalue weighted by atomic mass is 14.9. The Kier molecular flexibility index (Phi) is 3.06. The lowest BCUT2D eigenvalue weighted by Gasteiger charge is -2.18. The first-order valence-corrected chi connectivity index (χ1v) is 6.73. The Morgan fingerprint density at radius 2 is 2.00 bits per heavy atom. The van der Waals surface area contributed by atoms with Crippen molar-refractivity contribution in [3.63, 3.8) is 0 Å². The van der Waals surface area contributed by atoms with Gasteiger partial charge in [0.1, 0.15) is 0 Å². The second kappa shape index (κ2) is 4.85. The molecule has 0 aliphatic carbocycles. The Morgan fingerprint density at radius 3 is 2.89 bits per heavy atom. The van der Waals surface area contributed by atoms with Gasteiger partial charge in [-0.15, -0.1) is 0 Å². The molecule has 1 aliphatic heterocycles. The smallest absolute Gasteiger partial charge is 0.0372 e. The van der Waals surface area contributed by atoms with Crippen LogP contribution in [0, 0.1) is 6.92 Å². The second-order valence-corrected chi connectivity index (χ2v) is 5.13. The maximum Gasteiger partial charge on any atom is 0.0372 e. The third-order valence-corrected chi connectivity index (χ3v) is 3.76. The van der Waals surface area contributed by atoms with Gasteiger partial charge in [-0.25, -0.2) is 0 Å². The maximum atomic E-state index is 3.47. The summed E-state index contributed by atoms with van der Waals surface area (Å²) in [6, 6.07) is 15.5. The quantitative estimate of drug-likeness (QED) is 0.834. The highest BCUT2D eigenvalue weighted by molar-refractivity contribution is 5.55. The molecular formula is C17H19N. The zero-order valence-electron chi connectivity index (χ0n) is 10.9. The number of nitrogens with one attached hydrogen (secondary N) is 1. The highest BCUT2D eigenvalue weighted by Gasteiger charge is 2.09. The first-order valence-electron chi connectivity index (χ1n) is 6.73. The van der Waals surface area contributed by atoms with Crippen LogP contribution < -0.4 is 5.32 Å². The van der Waals surface area contributed by atoms with Crippen molar-refractivity contribution >= 4 is 5.69 Å². The molecule has 18 heavy (non-hydrogen) atoms. The number of hydrogen-bond donors (Lipinski definition) is 1. The minimum absolute atomic E-state index is 1.04. The predicted molar refractivity (Wildman–Crippen MR) is 77.2 cm³/mol. The van der Waals surface area contributed by atoms with E-state index in [4.69, 9.17) is 0 Å². The summed E-state index contributed by atoms with van der Waals surface area (Å²) in [5, 5.41) is 3.47. The molecule has 0 bridgehead atoms. The summed E-state index contributed by atoms with van der Waals surface area (Å²) in [4.78, 5) is 0. The fourth-order valence-corrected chi connectivity index (χ4v) is 2.67. The van der Waals surface area contributed by atoms with E-state index in [1.807, 2.05) is 0 Å². The van der Waals surface area contributed by atoms with Gasteiger partial charge in [-0.2, -0.15) is 0 Å². The highest BCUT2D eigenvalue weighted by Crippen LogP contribution is 2.24. The summed E-state index contributed by atoms with van der Waals surface area (Å²) in [6.45, 7) is 3.30. The zero-order chi connectivity index (χ0) is 12.4. The molecule has 3 rings (SSSR count). The van der Waals surface area contributed by atoms with Crippen LogP contribution in [-0.4, -0.2) is 6.54 Å². The average Bonchev–Trinajstić information content (AvgIpc) is 2.41. The molecule has 0 saturated carbocycles. The van der Waals surface area contributed by atoms with Crippen LogP contribution in [0.1, 0.15) is 28.7 Å². The van der Waals surface area contributed by atoms with Crippen LogP contribution in [0.15, 0.2) is 42.5 Å². The molecule has 1 heteroatoms. The number of rotatable bonds is 2. The lowest BCUT2D eigenvalue weighted by molar-refractivity contribution is 0.828. The molecule has 0 radical (unpaired) electrons. The standard InChI is InChI=1S/C17H19N/c1-13-5-2-3-6-15(13)11-14-8-9-17-16(12-14)7-4-10-18-17/h2-3,5-6,8-9,12,18H,4,7,10-11H2,1H3. The minimum Gasteiger partial charge on any atom is -0.385 e. The van der Waals surface area contributed by atoms with Gasteiger partial charge in [0.15, 0.2) is 0 Å². The first kappa shape index (κ1) is 11.3. The van der Waals surface area contributed by atoms with E-state index in [9.17, 15) is 0 Å². The van der Waals surface area contributed by atoms with Gasteiger partial charge in [0, 0.05) is 12.2 Å². The van der Waals surface area contributed by atoms with Crippen LogP contribution >= 0.6 is 0 Å². The molecule has 92 valence electrons. The Balaban J connectivity index is 1.87. The number of fused-ring (bicyclic) bond motifs is 1. The predicted octanol–water partition coefficient (Wildman–Crippen LogP) is 3.94. The summed E-state index contributed by atoms with van der Waals surface area (Å²) in [5.41, 5.74) is 7.04. The zero-order valence-corrected chi connectivity index (χ0v) is 10.9. The van der Waals surface area contributed by atoms with Crippen LogP contribution in [-0.2, 0) is 12.8 Å². The van der Waals surface area contributed by atoms with Crippen LogP contribution in [0.5, 0.6) is 0 Å². The van der Waals surface area contributed by atoms with Gasteiger partial charge in [0.05, 0.1) is 0 Å². The molecule has 0 saturated heterocycles. The van der Waals surface area contributed by atoms with E-state index in [0.717, 1.165) is 13.0 Å². The molecule has 0 atom stereocenters. The number of anilines is 1. The van der Waals surface area contributed by atoms with Gasteiger partial charge >= 0.3 is 0 Å². The molecule has 0 fully saturated rings.